The summed E-state index contributed by atoms with van der Waals surface area (Å²) in [5.74, 6) is 1.96. The summed E-state index contributed by atoms with van der Waals surface area (Å²) in [4.78, 5) is 0. The summed E-state index contributed by atoms with van der Waals surface area (Å²) >= 11 is 30.6. The normalized spacial score (nSPS) is 9.56. The predicted octanol–water partition coefficient (Wildman–Crippen LogP) is 16.8. The fourth-order valence-electron chi connectivity index (χ4n) is 4.86. The number of halogens is 8. The lowest BCUT2D eigenvalue weighted by molar-refractivity contribution is 0.408. The van der Waals surface area contributed by atoms with Crippen molar-refractivity contribution in [3.8, 4) is 17.2 Å². The molecule has 3 aromatic carbocycles. The molecule has 0 aromatic heterocycles. The zero-order chi connectivity index (χ0) is 40.0. The van der Waals surface area contributed by atoms with E-state index in [9.17, 15) is 10.2 Å². The summed E-state index contributed by atoms with van der Waals surface area (Å²) in [5.41, 5.74) is 4.77. The minimum Gasteiger partial charge on any atom is -0.508 e. The number of hydrogen-bond acceptors (Lipinski definition) is 3. The van der Waals surface area contributed by atoms with Crippen LogP contribution < -0.4 is 4.74 Å². The summed E-state index contributed by atoms with van der Waals surface area (Å²) in [6, 6.07) is 20.0. The van der Waals surface area contributed by atoms with Gasteiger partial charge in [0.05, 0.1) is 21.4 Å². The number of hydrogen-bond donors (Lipinski definition) is 2. The van der Waals surface area contributed by atoms with E-state index < -0.39 is 0 Å². The van der Waals surface area contributed by atoms with Gasteiger partial charge in [-0.2, -0.15) is 0 Å². The number of para-hydroxylation sites is 2. The van der Waals surface area contributed by atoms with Crippen LogP contribution in [-0.4, -0.2) is 31.2 Å². The number of unbranched alkanes of at least 4 members (excludes halogenated alkanes) is 9. The molecule has 3 rings (SSSR count). The Bertz CT molecular complexity index is 1210. The molecule has 0 aliphatic heterocycles. The van der Waals surface area contributed by atoms with Gasteiger partial charge in [-0.3, -0.25) is 0 Å². The van der Waals surface area contributed by atoms with Gasteiger partial charge >= 0.3 is 3.18 Å². The molecule has 0 saturated carbocycles. The van der Waals surface area contributed by atoms with Crippen LogP contribution in [0, 0.1) is 10.5 Å². The standard InChI is InChI=1S/C13H19IO.C13H20O.C12H18O.2CH2Cl2.BBr3/c1-3-4-5-6-7-11-8-10(2)9-12(14)13(11)15;1-3-4-5-6-9-12-10-7-8-11-13(12)14-2;1-2-3-4-5-8-11-9-6-7-10-12(11)13;2*2-1-3;2-1(3)4/h8-9,15H,3-7H2,1-2H3;7-8,10-11H,3-6,9H2,1-2H3;6-7,9-10,13H,2-5,8H2,1H3;2*1H2;. The number of phenolic OH excluding ortho intramolecular Hbond substituents is 2. The van der Waals surface area contributed by atoms with Crippen molar-refractivity contribution in [3.05, 3.63) is 86.5 Å². The lowest BCUT2D eigenvalue weighted by Crippen LogP contribution is -1.91. The van der Waals surface area contributed by atoms with Crippen LogP contribution in [0.15, 0.2) is 60.7 Å². The molecule has 52 heavy (non-hydrogen) atoms. The maximum absolute atomic E-state index is 9.87. The van der Waals surface area contributed by atoms with E-state index in [2.05, 4.69) is 116 Å². The van der Waals surface area contributed by atoms with Gasteiger partial charge < -0.3 is 14.9 Å². The van der Waals surface area contributed by atoms with Crippen molar-refractivity contribution in [2.45, 2.75) is 124 Å². The van der Waals surface area contributed by atoms with Crippen molar-refractivity contribution in [2.24, 2.45) is 0 Å². The molecule has 0 radical (unpaired) electrons. The summed E-state index contributed by atoms with van der Waals surface area (Å²) in [6.07, 6.45) is 18.4. The molecule has 12 heteroatoms. The van der Waals surface area contributed by atoms with Gasteiger partial charge in [0.25, 0.3) is 0 Å². The Hall–Kier alpha value is 0.455. The van der Waals surface area contributed by atoms with E-state index in [0.717, 1.165) is 39.7 Å². The highest BCUT2D eigenvalue weighted by molar-refractivity contribution is 14.1. The highest BCUT2D eigenvalue weighted by atomic mass is 127. The third-order valence-corrected chi connectivity index (χ3v) is 8.19. The van der Waals surface area contributed by atoms with Gasteiger partial charge in [0.15, 0.2) is 0 Å². The van der Waals surface area contributed by atoms with Crippen molar-refractivity contribution in [1.82, 2.24) is 0 Å². The average molecular weight is 1110 g/mol. The van der Waals surface area contributed by atoms with Crippen molar-refractivity contribution < 1.29 is 14.9 Å². The fraction of sp³-hybridized carbons (Fsp3) is 0.550. The van der Waals surface area contributed by atoms with Crippen molar-refractivity contribution >= 4 is 119 Å². The predicted molar refractivity (Wildman–Crippen MR) is 256 cm³/mol. The largest absolute Gasteiger partial charge is 0.508 e. The fourth-order valence-corrected chi connectivity index (χ4v) is 5.69. The number of rotatable bonds is 16. The maximum Gasteiger partial charge on any atom is 0.369 e. The van der Waals surface area contributed by atoms with Crippen LogP contribution in [0.1, 0.15) is 120 Å². The molecule has 0 bridgehead atoms. The first-order chi connectivity index (χ1) is 24.9. The van der Waals surface area contributed by atoms with Gasteiger partial charge in [-0.1, -0.05) is 121 Å². The van der Waals surface area contributed by atoms with Gasteiger partial charge in [-0.25, -0.2) is 0 Å². The second-order valence-electron chi connectivity index (χ2n) is 11.6. The number of phenols is 2. The van der Waals surface area contributed by atoms with Gasteiger partial charge in [0.2, 0.25) is 0 Å². The molecule has 0 atom stereocenters. The lowest BCUT2D eigenvalue weighted by atomic mass is 10.0. The molecule has 0 amide bonds. The van der Waals surface area contributed by atoms with Crippen LogP contribution in [0.5, 0.6) is 17.2 Å². The van der Waals surface area contributed by atoms with Crippen LogP contribution >= 0.6 is 116 Å². The van der Waals surface area contributed by atoms with E-state index in [1.54, 1.807) is 13.2 Å². The smallest absolute Gasteiger partial charge is 0.369 e. The molecule has 2 N–H and O–H groups in total. The topological polar surface area (TPSA) is 49.7 Å². The van der Waals surface area contributed by atoms with Gasteiger partial charge in [0.1, 0.15) is 17.2 Å². The van der Waals surface area contributed by atoms with E-state index in [1.807, 2.05) is 36.4 Å². The molecule has 0 spiro atoms. The molecular weight excluding hydrogens is 1050 g/mol. The Balaban J connectivity index is -0.000000613. The van der Waals surface area contributed by atoms with Crippen LogP contribution in [0.4, 0.5) is 0 Å². The van der Waals surface area contributed by atoms with Crippen molar-refractivity contribution in [1.29, 1.82) is 0 Å². The van der Waals surface area contributed by atoms with Gasteiger partial charge in [0, 0.05) is 0 Å². The second kappa shape index (κ2) is 42.6. The first-order valence-electron chi connectivity index (χ1n) is 18.0. The van der Waals surface area contributed by atoms with E-state index in [4.69, 9.17) is 51.1 Å². The Morgan fingerprint density at radius 2 is 1.00 bits per heavy atom. The Labute approximate surface area is 376 Å². The molecule has 3 nitrogen and oxygen atoms in total. The molecule has 298 valence electrons. The molecular formula is C40H61BBr3Cl4IO3. The minimum atomic E-state index is 0.194. The van der Waals surface area contributed by atoms with Crippen LogP contribution in [0.25, 0.3) is 0 Å². The summed E-state index contributed by atoms with van der Waals surface area (Å²) in [7, 11) is 1.74. The first-order valence-corrected chi connectivity index (χ1v) is 23.9. The summed E-state index contributed by atoms with van der Waals surface area (Å²) in [5, 5.41) is 19.7. The molecule has 0 fully saturated rings. The van der Waals surface area contributed by atoms with Crippen molar-refractivity contribution in [3.63, 3.8) is 0 Å². The molecule has 0 aliphatic carbocycles. The Morgan fingerprint density at radius 1 is 0.615 bits per heavy atom. The summed E-state index contributed by atoms with van der Waals surface area (Å²) in [6.45, 7) is 8.74. The number of benzene rings is 3. The second-order valence-corrected chi connectivity index (χ2v) is 20.8. The molecule has 0 saturated heterocycles. The number of methoxy groups -OCH3 is 1. The highest BCUT2D eigenvalue weighted by Gasteiger charge is 2.06. The highest BCUT2D eigenvalue weighted by Crippen LogP contribution is 2.27. The average Bonchev–Trinajstić information content (AvgIpc) is 3.11. The van der Waals surface area contributed by atoms with E-state index >= 15 is 0 Å². The van der Waals surface area contributed by atoms with Crippen LogP contribution in [0.2, 0.25) is 0 Å². The molecule has 0 heterocycles. The van der Waals surface area contributed by atoms with E-state index in [0.29, 0.717) is 11.5 Å². The van der Waals surface area contributed by atoms with Crippen molar-refractivity contribution in [2.75, 3.05) is 17.8 Å². The Morgan fingerprint density at radius 3 is 1.42 bits per heavy atom. The quantitative estimate of drug-likeness (QED) is 0.0650. The number of aromatic hydroxyl groups is 2. The third kappa shape index (κ3) is 36.1. The van der Waals surface area contributed by atoms with Crippen LogP contribution in [0.3, 0.4) is 0 Å². The zero-order valence-corrected chi connectivity index (χ0v) is 41.6. The third-order valence-electron chi connectivity index (χ3n) is 7.37. The number of alkyl halides is 4. The van der Waals surface area contributed by atoms with Gasteiger partial charge in [-0.15, -0.1) is 93.7 Å². The number of aryl methyl sites for hydroxylation is 4. The molecule has 3 aromatic rings. The first kappa shape index (κ1) is 56.8. The molecule has 0 unspecified atom stereocenters. The lowest BCUT2D eigenvalue weighted by Gasteiger charge is -2.07. The zero-order valence-electron chi connectivity index (χ0n) is 31.7. The molecule has 0 aliphatic rings. The van der Waals surface area contributed by atoms with E-state index in [1.165, 1.54) is 88.2 Å². The SMILES string of the molecule is BrB(Br)Br.CCCCCCc1cc(C)cc(I)c1O.CCCCCCc1ccccc1O.CCCCCCc1ccccc1OC.ClCCl.ClCCl. The summed E-state index contributed by atoms with van der Waals surface area (Å²) < 4.78 is 6.54. The van der Waals surface area contributed by atoms with Crippen LogP contribution in [-0.2, 0) is 19.3 Å². The monoisotopic (exact) mass is 1100 g/mol. The van der Waals surface area contributed by atoms with E-state index in [-0.39, 0.29) is 13.9 Å². The minimum absolute atomic E-state index is 0.194. The number of ether oxygens (including phenoxy) is 1. The maximum atomic E-state index is 9.87. The Kier molecular flexibility index (Phi) is 46.5. The van der Waals surface area contributed by atoms with Gasteiger partial charge in [-0.05, 0) is 108 Å².